The summed E-state index contributed by atoms with van der Waals surface area (Å²) in [6, 6.07) is 8.13. The third-order valence-electron chi connectivity index (χ3n) is 3.88. The molecule has 4 nitrogen and oxygen atoms in total. The van der Waals surface area contributed by atoms with Gasteiger partial charge >= 0.3 is 0 Å². The van der Waals surface area contributed by atoms with Crippen LogP contribution in [0.2, 0.25) is 0 Å². The van der Waals surface area contributed by atoms with Crippen molar-refractivity contribution in [3.63, 3.8) is 0 Å². The lowest BCUT2D eigenvalue weighted by Crippen LogP contribution is -2.47. The standard InChI is InChI=1S/C16H24N2O2/c1-12(11-19)5-4-8-17-16(20)15-9-13-6-2-3-7-14(13)10-18-15/h2-3,6-7,12,15,18-19H,4-5,8-11H2,1H3,(H,17,20)/t12?,15-/m0/s1. The zero-order valence-electron chi connectivity index (χ0n) is 12.1. The van der Waals surface area contributed by atoms with E-state index < -0.39 is 0 Å². The van der Waals surface area contributed by atoms with Gasteiger partial charge in [0.15, 0.2) is 0 Å². The van der Waals surface area contributed by atoms with Crippen molar-refractivity contribution in [3.05, 3.63) is 35.4 Å². The predicted molar refractivity (Wildman–Crippen MR) is 79.3 cm³/mol. The number of aliphatic hydroxyl groups is 1. The first-order chi connectivity index (χ1) is 9.70. The minimum atomic E-state index is -0.125. The van der Waals surface area contributed by atoms with Gasteiger partial charge in [-0.25, -0.2) is 0 Å². The largest absolute Gasteiger partial charge is 0.396 e. The van der Waals surface area contributed by atoms with Crippen molar-refractivity contribution < 1.29 is 9.90 Å². The number of carbonyl (C=O) groups excluding carboxylic acids is 1. The highest BCUT2D eigenvalue weighted by Crippen LogP contribution is 2.16. The number of rotatable bonds is 6. The number of hydrogen-bond donors (Lipinski definition) is 3. The molecule has 20 heavy (non-hydrogen) atoms. The number of aliphatic hydroxyl groups excluding tert-OH is 1. The monoisotopic (exact) mass is 276 g/mol. The SMILES string of the molecule is CC(CO)CCCNC(=O)[C@@H]1Cc2ccccc2CN1. The summed E-state index contributed by atoms with van der Waals surface area (Å²) in [6.45, 7) is 3.68. The first-order valence-electron chi connectivity index (χ1n) is 7.39. The molecular weight excluding hydrogens is 252 g/mol. The molecule has 0 spiro atoms. The number of carbonyl (C=O) groups is 1. The molecule has 0 aromatic heterocycles. The van der Waals surface area contributed by atoms with Gasteiger partial charge in [0.25, 0.3) is 0 Å². The molecule has 0 saturated carbocycles. The van der Waals surface area contributed by atoms with Crippen LogP contribution in [0.1, 0.15) is 30.9 Å². The number of hydrogen-bond acceptors (Lipinski definition) is 3. The smallest absolute Gasteiger partial charge is 0.237 e. The van der Waals surface area contributed by atoms with Crippen LogP contribution in [0.5, 0.6) is 0 Å². The van der Waals surface area contributed by atoms with Crippen molar-refractivity contribution in [2.24, 2.45) is 5.92 Å². The molecule has 0 fully saturated rings. The average molecular weight is 276 g/mol. The first kappa shape index (κ1) is 15.0. The Morgan fingerprint density at radius 3 is 2.95 bits per heavy atom. The third-order valence-corrected chi connectivity index (χ3v) is 3.88. The Kier molecular flexibility index (Phi) is 5.56. The van der Waals surface area contributed by atoms with E-state index in [1.807, 2.05) is 19.1 Å². The van der Waals surface area contributed by atoms with Crippen molar-refractivity contribution in [1.29, 1.82) is 0 Å². The summed E-state index contributed by atoms with van der Waals surface area (Å²) in [5, 5.41) is 15.2. The van der Waals surface area contributed by atoms with Gasteiger partial charge in [-0.15, -0.1) is 0 Å². The van der Waals surface area contributed by atoms with Crippen molar-refractivity contribution in [2.45, 2.75) is 38.8 Å². The van der Waals surface area contributed by atoms with E-state index in [1.54, 1.807) is 0 Å². The van der Waals surface area contributed by atoms with Gasteiger partial charge in [-0.1, -0.05) is 31.2 Å². The molecule has 0 radical (unpaired) electrons. The molecule has 2 atom stereocenters. The van der Waals surface area contributed by atoms with Gasteiger partial charge < -0.3 is 15.7 Å². The lowest BCUT2D eigenvalue weighted by Gasteiger charge is -2.25. The summed E-state index contributed by atoms with van der Waals surface area (Å²) >= 11 is 0. The lowest BCUT2D eigenvalue weighted by molar-refractivity contribution is -0.123. The zero-order chi connectivity index (χ0) is 14.4. The number of benzene rings is 1. The van der Waals surface area contributed by atoms with Crippen LogP contribution in [0.4, 0.5) is 0 Å². The fourth-order valence-electron chi connectivity index (χ4n) is 2.52. The Morgan fingerprint density at radius 2 is 2.20 bits per heavy atom. The van der Waals surface area contributed by atoms with Gasteiger partial charge in [0, 0.05) is 19.7 Å². The molecule has 0 saturated heterocycles. The van der Waals surface area contributed by atoms with Crippen molar-refractivity contribution in [1.82, 2.24) is 10.6 Å². The van der Waals surface area contributed by atoms with Crippen LogP contribution in [0.15, 0.2) is 24.3 Å². The summed E-state index contributed by atoms with van der Waals surface area (Å²) in [5.41, 5.74) is 2.55. The normalized spacial score (nSPS) is 19.2. The Labute approximate surface area is 120 Å². The second-order valence-electron chi connectivity index (χ2n) is 5.63. The van der Waals surface area contributed by atoms with E-state index in [1.165, 1.54) is 11.1 Å². The van der Waals surface area contributed by atoms with Crippen molar-refractivity contribution in [2.75, 3.05) is 13.2 Å². The lowest BCUT2D eigenvalue weighted by atomic mass is 9.95. The van der Waals surface area contributed by atoms with Crippen molar-refractivity contribution >= 4 is 5.91 Å². The van der Waals surface area contributed by atoms with Crippen LogP contribution in [0.3, 0.4) is 0 Å². The molecule has 1 aromatic rings. The number of nitrogens with one attached hydrogen (secondary N) is 2. The van der Waals surface area contributed by atoms with Crippen LogP contribution in [0, 0.1) is 5.92 Å². The van der Waals surface area contributed by atoms with E-state index in [0.717, 1.165) is 25.8 Å². The van der Waals surface area contributed by atoms with Gasteiger partial charge in [0.1, 0.15) is 0 Å². The molecular formula is C16H24N2O2. The highest BCUT2D eigenvalue weighted by molar-refractivity contribution is 5.82. The van der Waals surface area contributed by atoms with Crippen LogP contribution in [-0.2, 0) is 17.8 Å². The summed E-state index contributed by atoms with van der Waals surface area (Å²) in [4.78, 5) is 12.1. The summed E-state index contributed by atoms with van der Waals surface area (Å²) in [6.07, 6.45) is 2.61. The van der Waals surface area contributed by atoms with Crippen LogP contribution < -0.4 is 10.6 Å². The van der Waals surface area contributed by atoms with Gasteiger partial charge in [-0.2, -0.15) is 0 Å². The van der Waals surface area contributed by atoms with Gasteiger partial charge in [0.2, 0.25) is 5.91 Å². The maximum absolute atomic E-state index is 12.1. The zero-order valence-corrected chi connectivity index (χ0v) is 12.1. The minimum Gasteiger partial charge on any atom is -0.396 e. The van der Waals surface area contributed by atoms with E-state index in [2.05, 4.69) is 22.8 Å². The molecule has 2 rings (SSSR count). The second-order valence-corrected chi connectivity index (χ2v) is 5.63. The molecule has 3 N–H and O–H groups in total. The molecule has 1 heterocycles. The van der Waals surface area contributed by atoms with Crippen molar-refractivity contribution in [3.8, 4) is 0 Å². The van der Waals surface area contributed by atoms with E-state index in [9.17, 15) is 4.79 Å². The van der Waals surface area contributed by atoms with Gasteiger partial charge in [0.05, 0.1) is 6.04 Å². The Morgan fingerprint density at radius 1 is 1.45 bits per heavy atom. The van der Waals surface area contributed by atoms with Gasteiger partial charge in [-0.3, -0.25) is 4.79 Å². The van der Waals surface area contributed by atoms with E-state index in [4.69, 9.17) is 5.11 Å². The Hall–Kier alpha value is -1.39. The van der Waals surface area contributed by atoms with Crippen LogP contribution >= 0.6 is 0 Å². The topological polar surface area (TPSA) is 61.4 Å². The minimum absolute atomic E-state index is 0.0798. The average Bonchev–Trinajstić information content (AvgIpc) is 2.50. The van der Waals surface area contributed by atoms with Crippen LogP contribution in [0.25, 0.3) is 0 Å². The molecule has 1 amide bonds. The molecule has 1 unspecified atom stereocenters. The quantitative estimate of drug-likeness (QED) is 0.685. The molecule has 1 aliphatic rings. The molecule has 1 aliphatic heterocycles. The van der Waals surface area contributed by atoms with E-state index in [0.29, 0.717) is 12.5 Å². The maximum Gasteiger partial charge on any atom is 0.237 e. The van der Waals surface area contributed by atoms with E-state index >= 15 is 0 Å². The molecule has 0 aliphatic carbocycles. The Bertz CT molecular complexity index is 448. The molecule has 0 bridgehead atoms. The molecule has 1 aromatic carbocycles. The summed E-state index contributed by atoms with van der Waals surface area (Å²) < 4.78 is 0. The van der Waals surface area contributed by atoms with Crippen LogP contribution in [-0.4, -0.2) is 30.2 Å². The number of amides is 1. The molecule has 4 heteroatoms. The van der Waals surface area contributed by atoms with E-state index in [-0.39, 0.29) is 18.6 Å². The summed E-state index contributed by atoms with van der Waals surface area (Å²) in [7, 11) is 0. The third kappa shape index (κ3) is 4.05. The molecule has 110 valence electrons. The first-order valence-corrected chi connectivity index (χ1v) is 7.39. The fraction of sp³-hybridized carbons (Fsp3) is 0.562. The fourth-order valence-corrected chi connectivity index (χ4v) is 2.52. The maximum atomic E-state index is 12.1. The second kappa shape index (κ2) is 7.41. The highest BCUT2D eigenvalue weighted by atomic mass is 16.3. The highest BCUT2D eigenvalue weighted by Gasteiger charge is 2.23. The van der Waals surface area contributed by atoms with Gasteiger partial charge in [-0.05, 0) is 36.3 Å². The predicted octanol–water partition coefficient (Wildman–Crippen LogP) is 1.23. The number of fused-ring (bicyclic) bond motifs is 1. The summed E-state index contributed by atoms with van der Waals surface area (Å²) in [5.74, 6) is 0.391. The Balaban J connectivity index is 1.74.